The van der Waals surface area contributed by atoms with Crippen LogP contribution in [0, 0.1) is 0 Å². The summed E-state index contributed by atoms with van der Waals surface area (Å²) in [5.74, 6) is -0.134. The minimum absolute atomic E-state index is 0.114. The molecule has 1 fully saturated rings. The van der Waals surface area contributed by atoms with Crippen molar-refractivity contribution in [3.05, 3.63) is 17.0 Å². The molecule has 0 spiro atoms. The Morgan fingerprint density at radius 2 is 2.00 bits per heavy atom. The molecule has 0 aliphatic heterocycles. The Labute approximate surface area is 112 Å². The van der Waals surface area contributed by atoms with Crippen LogP contribution in [-0.4, -0.2) is 33.4 Å². The van der Waals surface area contributed by atoms with Crippen LogP contribution in [0.25, 0.3) is 0 Å². The van der Waals surface area contributed by atoms with Gasteiger partial charge in [0.2, 0.25) is 0 Å². The predicted molar refractivity (Wildman–Crippen MR) is 71.0 cm³/mol. The van der Waals surface area contributed by atoms with Gasteiger partial charge in [0.25, 0.3) is 5.91 Å². The highest BCUT2D eigenvalue weighted by atomic mass is 16.3. The molecule has 3 rings (SSSR count). The minimum atomic E-state index is -0.410. The number of carbonyl (C=O) groups excluding carboxylic acids is 1. The van der Waals surface area contributed by atoms with Gasteiger partial charge in [0.15, 0.2) is 5.69 Å². The standard InChI is InChI=1S/C14H21N3O2/c18-12-8-4-3-7-11(12)15-14(19)13-9-5-1-2-6-10(9)16-17-13/h11-12,18H,1-8H2,(H,15,19)(H,16,17). The Morgan fingerprint density at radius 3 is 2.84 bits per heavy atom. The van der Waals surface area contributed by atoms with Gasteiger partial charge in [-0.25, -0.2) is 0 Å². The Morgan fingerprint density at radius 1 is 1.21 bits per heavy atom. The number of nitrogens with zero attached hydrogens (tertiary/aromatic N) is 1. The number of rotatable bonds is 2. The first-order valence-corrected chi connectivity index (χ1v) is 7.31. The summed E-state index contributed by atoms with van der Waals surface area (Å²) in [6.45, 7) is 0. The SMILES string of the molecule is O=C(NC1CCCCC1O)c1n[nH]c2c1CCCC2. The molecule has 104 valence electrons. The average molecular weight is 263 g/mol. The predicted octanol–water partition coefficient (Wildman–Crippen LogP) is 1.32. The summed E-state index contributed by atoms with van der Waals surface area (Å²) < 4.78 is 0. The highest BCUT2D eigenvalue weighted by molar-refractivity contribution is 5.94. The number of H-pyrrole nitrogens is 1. The topological polar surface area (TPSA) is 78.0 Å². The van der Waals surface area contributed by atoms with E-state index in [0.29, 0.717) is 5.69 Å². The highest BCUT2D eigenvalue weighted by Gasteiger charge is 2.27. The molecule has 1 aromatic heterocycles. The summed E-state index contributed by atoms with van der Waals surface area (Å²) in [7, 11) is 0. The number of aliphatic hydroxyl groups excluding tert-OH is 1. The highest BCUT2D eigenvalue weighted by Crippen LogP contribution is 2.23. The molecule has 2 aliphatic rings. The number of aliphatic hydroxyl groups is 1. The van der Waals surface area contributed by atoms with E-state index < -0.39 is 6.10 Å². The smallest absolute Gasteiger partial charge is 0.272 e. The third-order valence-corrected chi connectivity index (χ3v) is 4.32. The molecule has 5 nitrogen and oxygen atoms in total. The summed E-state index contributed by atoms with van der Waals surface area (Å²) in [5.41, 5.74) is 2.72. The van der Waals surface area contributed by atoms with Gasteiger partial charge in [0.1, 0.15) is 0 Å². The molecule has 1 heterocycles. The number of amides is 1. The minimum Gasteiger partial charge on any atom is -0.391 e. The fourth-order valence-electron chi connectivity index (χ4n) is 3.19. The van der Waals surface area contributed by atoms with Crippen LogP contribution in [0.15, 0.2) is 0 Å². The van der Waals surface area contributed by atoms with Gasteiger partial charge in [-0.2, -0.15) is 5.10 Å². The van der Waals surface area contributed by atoms with E-state index in [1.165, 1.54) is 0 Å². The number of carbonyl (C=O) groups is 1. The molecule has 1 aromatic rings. The van der Waals surface area contributed by atoms with Crippen LogP contribution in [0.2, 0.25) is 0 Å². The number of nitrogens with one attached hydrogen (secondary N) is 2. The second-order valence-electron chi connectivity index (χ2n) is 5.67. The zero-order chi connectivity index (χ0) is 13.2. The molecule has 0 saturated heterocycles. The maximum Gasteiger partial charge on any atom is 0.272 e. The van der Waals surface area contributed by atoms with E-state index in [9.17, 15) is 9.90 Å². The van der Waals surface area contributed by atoms with Gasteiger partial charge in [-0.15, -0.1) is 0 Å². The molecule has 2 atom stereocenters. The summed E-state index contributed by atoms with van der Waals surface area (Å²) in [6, 6.07) is -0.114. The van der Waals surface area contributed by atoms with Gasteiger partial charge >= 0.3 is 0 Å². The number of hydrogen-bond donors (Lipinski definition) is 3. The fraction of sp³-hybridized carbons (Fsp3) is 0.714. The third kappa shape index (κ3) is 2.52. The van der Waals surface area contributed by atoms with E-state index in [1.807, 2.05) is 0 Å². The van der Waals surface area contributed by atoms with Crippen LogP contribution in [0.3, 0.4) is 0 Å². The van der Waals surface area contributed by atoms with E-state index in [-0.39, 0.29) is 11.9 Å². The van der Waals surface area contributed by atoms with Crippen LogP contribution in [0.4, 0.5) is 0 Å². The number of aromatic nitrogens is 2. The van der Waals surface area contributed by atoms with E-state index in [2.05, 4.69) is 15.5 Å². The molecule has 1 amide bonds. The Kier molecular flexibility index (Phi) is 3.55. The summed E-state index contributed by atoms with van der Waals surface area (Å²) in [6.07, 6.45) is 7.56. The van der Waals surface area contributed by atoms with Crippen molar-refractivity contribution in [2.45, 2.75) is 63.5 Å². The lowest BCUT2D eigenvalue weighted by Crippen LogP contribution is -2.45. The number of aromatic amines is 1. The zero-order valence-corrected chi connectivity index (χ0v) is 11.1. The van der Waals surface area contributed by atoms with Crippen LogP contribution >= 0.6 is 0 Å². The first kappa shape index (κ1) is 12.7. The molecule has 0 aromatic carbocycles. The summed E-state index contributed by atoms with van der Waals surface area (Å²) >= 11 is 0. The Bertz CT molecular complexity index is 469. The molecule has 0 radical (unpaired) electrons. The van der Waals surface area contributed by atoms with Gasteiger partial charge in [-0.05, 0) is 38.5 Å². The van der Waals surface area contributed by atoms with Gasteiger partial charge in [0.05, 0.1) is 12.1 Å². The van der Waals surface area contributed by atoms with Gasteiger partial charge in [0, 0.05) is 11.3 Å². The molecule has 3 N–H and O–H groups in total. The van der Waals surface area contributed by atoms with Crippen LogP contribution in [0.5, 0.6) is 0 Å². The molecule has 2 unspecified atom stereocenters. The van der Waals surface area contributed by atoms with E-state index in [0.717, 1.165) is 62.6 Å². The summed E-state index contributed by atoms with van der Waals surface area (Å²) in [5, 5.41) is 20.0. The molecule has 2 aliphatic carbocycles. The molecular formula is C14H21N3O2. The second-order valence-corrected chi connectivity index (χ2v) is 5.67. The number of hydrogen-bond acceptors (Lipinski definition) is 3. The van der Waals surface area contributed by atoms with E-state index in [1.54, 1.807) is 0 Å². The average Bonchev–Trinajstić information content (AvgIpc) is 2.85. The van der Waals surface area contributed by atoms with E-state index >= 15 is 0 Å². The Balaban J connectivity index is 1.71. The zero-order valence-electron chi connectivity index (χ0n) is 11.1. The van der Waals surface area contributed by atoms with Gasteiger partial charge in [-0.1, -0.05) is 12.8 Å². The largest absolute Gasteiger partial charge is 0.391 e. The van der Waals surface area contributed by atoms with Crippen LogP contribution < -0.4 is 5.32 Å². The van der Waals surface area contributed by atoms with Crippen molar-refractivity contribution in [1.82, 2.24) is 15.5 Å². The molecule has 5 heteroatoms. The molecule has 1 saturated carbocycles. The first-order valence-electron chi connectivity index (χ1n) is 7.31. The maximum atomic E-state index is 12.3. The Hall–Kier alpha value is -1.36. The van der Waals surface area contributed by atoms with Crippen molar-refractivity contribution >= 4 is 5.91 Å². The maximum absolute atomic E-state index is 12.3. The van der Waals surface area contributed by atoms with Crippen LogP contribution in [0.1, 0.15) is 60.3 Å². The van der Waals surface area contributed by atoms with E-state index in [4.69, 9.17) is 0 Å². The fourth-order valence-corrected chi connectivity index (χ4v) is 3.19. The normalized spacial score (nSPS) is 26.8. The lowest BCUT2D eigenvalue weighted by atomic mass is 9.92. The lowest BCUT2D eigenvalue weighted by molar-refractivity contribution is 0.0713. The van der Waals surface area contributed by atoms with Crippen LogP contribution in [-0.2, 0) is 12.8 Å². The third-order valence-electron chi connectivity index (χ3n) is 4.32. The number of aryl methyl sites for hydroxylation is 1. The monoisotopic (exact) mass is 263 g/mol. The molecule has 0 bridgehead atoms. The van der Waals surface area contributed by atoms with Crippen molar-refractivity contribution in [2.24, 2.45) is 0 Å². The second kappa shape index (κ2) is 5.33. The molecule has 19 heavy (non-hydrogen) atoms. The summed E-state index contributed by atoms with van der Waals surface area (Å²) in [4.78, 5) is 12.3. The van der Waals surface area contributed by atoms with Gasteiger partial charge in [-0.3, -0.25) is 9.89 Å². The molecular weight excluding hydrogens is 242 g/mol. The first-order chi connectivity index (χ1) is 9.25. The van der Waals surface area contributed by atoms with Crippen molar-refractivity contribution in [3.63, 3.8) is 0 Å². The van der Waals surface area contributed by atoms with Crippen molar-refractivity contribution in [2.75, 3.05) is 0 Å². The lowest BCUT2D eigenvalue weighted by Gasteiger charge is -2.28. The number of fused-ring (bicyclic) bond motifs is 1. The van der Waals surface area contributed by atoms with Crippen molar-refractivity contribution in [1.29, 1.82) is 0 Å². The van der Waals surface area contributed by atoms with Crippen molar-refractivity contribution < 1.29 is 9.90 Å². The van der Waals surface area contributed by atoms with Gasteiger partial charge < -0.3 is 10.4 Å². The van der Waals surface area contributed by atoms with Crippen molar-refractivity contribution in [3.8, 4) is 0 Å². The quantitative estimate of drug-likeness (QED) is 0.753.